The topological polar surface area (TPSA) is 40.5 Å². The molecule has 1 heterocycles. The van der Waals surface area contributed by atoms with E-state index in [4.69, 9.17) is 0 Å². The highest BCUT2D eigenvalue weighted by Crippen LogP contribution is 2.14. The molecule has 1 aromatic carbocycles. The van der Waals surface area contributed by atoms with Gasteiger partial charge in [0, 0.05) is 13.1 Å². The zero-order chi connectivity index (χ0) is 14.5. The number of carbonyl (C=O) groups excluding carboxylic acids is 1. The first-order valence-electron chi connectivity index (χ1n) is 6.61. The number of carbonyl (C=O) groups is 1. The Morgan fingerprint density at radius 3 is 2.80 bits per heavy atom. The smallest absolute Gasteiger partial charge is 0.226 e. The molecule has 0 aliphatic carbocycles. The molecule has 2 rings (SSSR count). The van der Waals surface area contributed by atoms with Crippen LogP contribution in [0.15, 0.2) is 41.1 Å². The largest absolute Gasteiger partial charge is 0.508 e. The number of hydrogen-bond acceptors (Lipinski definition) is 3. The number of hydrogen-bond donors (Lipinski definition) is 1. The third-order valence-electron chi connectivity index (χ3n) is 3.43. The minimum atomic E-state index is 0.0679. The number of amides is 1. The van der Waals surface area contributed by atoms with Crippen molar-refractivity contribution in [3.8, 4) is 5.75 Å². The molecule has 1 amide bonds. The molecule has 0 saturated heterocycles. The molecule has 0 bridgehead atoms. The standard InChI is InChI=1S/C16H19NO2S/c1-12(8-14-6-7-20-11-14)17(2)16(19)10-13-4-3-5-15(18)9-13/h3-7,9,11-12,18H,8,10H2,1-2H3. The average molecular weight is 289 g/mol. The number of benzene rings is 1. The Balaban J connectivity index is 1.94. The quantitative estimate of drug-likeness (QED) is 0.919. The highest BCUT2D eigenvalue weighted by molar-refractivity contribution is 7.07. The Bertz CT molecular complexity index is 566. The van der Waals surface area contributed by atoms with Crippen molar-refractivity contribution in [3.05, 3.63) is 52.2 Å². The highest BCUT2D eigenvalue weighted by atomic mass is 32.1. The van der Waals surface area contributed by atoms with Crippen LogP contribution in [0.25, 0.3) is 0 Å². The number of phenolic OH excluding ortho intramolecular Hbond substituents is 1. The Kier molecular flexibility index (Phi) is 4.79. The monoisotopic (exact) mass is 289 g/mol. The summed E-state index contributed by atoms with van der Waals surface area (Å²) < 4.78 is 0. The molecular weight excluding hydrogens is 270 g/mol. The van der Waals surface area contributed by atoms with E-state index in [1.807, 2.05) is 13.1 Å². The summed E-state index contributed by atoms with van der Waals surface area (Å²) in [6.45, 7) is 2.05. The van der Waals surface area contributed by atoms with Crippen LogP contribution >= 0.6 is 11.3 Å². The highest BCUT2D eigenvalue weighted by Gasteiger charge is 2.16. The fourth-order valence-corrected chi connectivity index (χ4v) is 2.78. The third-order valence-corrected chi connectivity index (χ3v) is 4.16. The minimum absolute atomic E-state index is 0.0679. The lowest BCUT2D eigenvalue weighted by molar-refractivity contribution is -0.130. The maximum absolute atomic E-state index is 12.2. The van der Waals surface area contributed by atoms with Gasteiger partial charge in [0.15, 0.2) is 0 Å². The lowest BCUT2D eigenvalue weighted by Gasteiger charge is -2.25. The molecule has 0 aliphatic rings. The number of likely N-dealkylation sites (N-methyl/N-ethyl adjacent to an activating group) is 1. The van der Waals surface area contributed by atoms with Gasteiger partial charge in [-0.1, -0.05) is 12.1 Å². The summed E-state index contributed by atoms with van der Waals surface area (Å²) in [6.07, 6.45) is 1.19. The van der Waals surface area contributed by atoms with E-state index in [-0.39, 0.29) is 17.7 Å². The molecule has 3 nitrogen and oxygen atoms in total. The second-order valence-corrected chi connectivity index (χ2v) is 5.82. The van der Waals surface area contributed by atoms with Crippen molar-refractivity contribution in [1.29, 1.82) is 0 Å². The molecule has 0 aliphatic heterocycles. The van der Waals surface area contributed by atoms with Gasteiger partial charge in [0.1, 0.15) is 5.75 Å². The SMILES string of the molecule is CC(Cc1ccsc1)N(C)C(=O)Cc1cccc(O)c1. The van der Waals surface area contributed by atoms with Crippen LogP contribution in [0.5, 0.6) is 5.75 Å². The molecule has 1 aromatic heterocycles. The minimum Gasteiger partial charge on any atom is -0.508 e. The van der Waals surface area contributed by atoms with E-state index in [9.17, 15) is 9.90 Å². The second kappa shape index (κ2) is 6.57. The van der Waals surface area contributed by atoms with Gasteiger partial charge in [-0.3, -0.25) is 4.79 Å². The van der Waals surface area contributed by atoms with Crippen LogP contribution in [0, 0.1) is 0 Å². The molecule has 1 N–H and O–H groups in total. The van der Waals surface area contributed by atoms with Gasteiger partial charge in [0.25, 0.3) is 0 Å². The number of thiophene rings is 1. The Labute approximate surface area is 123 Å². The van der Waals surface area contributed by atoms with Gasteiger partial charge in [0.05, 0.1) is 6.42 Å². The molecule has 2 aromatic rings. The zero-order valence-corrected chi connectivity index (χ0v) is 12.6. The molecule has 4 heteroatoms. The van der Waals surface area contributed by atoms with Crippen molar-refractivity contribution < 1.29 is 9.90 Å². The van der Waals surface area contributed by atoms with Crippen molar-refractivity contribution in [2.24, 2.45) is 0 Å². The van der Waals surface area contributed by atoms with E-state index in [1.165, 1.54) is 5.56 Å². The van der Waals surface area contributed by atoms with Crippen LogP contribution < -0.4 is 0 Å². The fourth-order valence-electron chi connectivity index (χ4n) is 2.10. The van der Waals surface area contributed by atoms with Crippen molar-refractivity contribution in [3.63, 3.8) is 0 Å². The van der Waals surface area contributed by atoms with Gasteiger partial charge in [-0.2, -0.15) is 11.3 Å². The van der Waals surface area contributed by atoms with Crippen molar-refractivity contribution in [1.82, 2.24) is 4.90 Å². The van der Waals surface area contributed by atoms with Crippen LogP contribution in [0.3, 0.4) is 0 Å². The lowest BCUT2D eigenvalue weighted by atomic mass is 10.1. The zero-order valence-electron chi connectivity index (χ0n) is 11.7. The molecule has 1 atom stereocenters. The first kappa shape index (κ1) is 14.6. The summed E-state index contributed by atoms with van der Waals surface area (Å²) in [5.41, 5.74) is 2.10. The van der Waals surface area contributed by atoms with Crippen molar-refractivity contribution in [2.45, 2.75) is 25.8 Å². The van der Waals surface area contributed by atoms with Gasteiger partial charge in [0.2, 0.25) is 5.91 Å². The predicted molar refractivity (Wildman–Crippen MR) is 82.1 cm³/mol. The normalized spacial score (nSPS) is 12.1. The lowest BCUT2D eigenvalue weighted by Crippen LogP contribution is -2.37. The molecule has 0 fully saturated rings. The van der Waals surface area contributed by atoms with E-state index in [0.717, 1.165) is 12.0 Å². The summed E-state index contributed by atoms with van der Waals surface area (Å²) in [7, 11) is 1.84. The predicted octanol–water partition coefficient (Wildman–Crippen LogP) is 3.09. The van der Waals surface area contributed by atoms with Crippen molar-refractivity contribution in [2.75, 3.05) is 7.05 Å². The number of aromatic hydroxyl groups is 1. The molecule has 0 saturated carbocycles. The summed E-state index contributed by atoms with van der Waals surface area (Å²) >= 11 is 1.67. The van der Waals surface area contributed by atoms with Gasteiger partial charge in [-0.25, -0.2) is 0 Å². The number of rotatable bonds is 5. The summed E-state index contributed by atoms with van der Waals surface area (Å²) in [5, 5.41) is 13.6. The van der Waals surface area contributed by atoms with Crippen LogP contribution in [0.4, 0.5) is 0 Å². The third kappa shape index (κ3) is 3.84. The maximum Gasteiger partial charge on any atom is 0.226 e. The Morgan fingerprint density at radius 1 is 1.35 bits per heavy atom. The fraction of sp³-hybridized carbons (Fsp3) is 0.312. The Hall–Kier alpha value is -1.81. The molecule has 0 radical (unpaired) electrons. The van der Waals surface area contributed by atoms with Gasteiger partial charge < -0.3 is 10.0 Å². The van der Waals surface area contributed by atoms with Crippen LogP contribution in [-0.2, 0) is 17.6 Å². The average Bonchev–Trinajstić information content (AvgIpc) is 2.90. The number of nitrogens with zero attached hydrogens (tertiary/aromatic N) is 1. The molecule has 20 heavy (non-hydrogen) atoms. The van der Waals surface area contributed by atoms with E-state index >= 15 is 0 Å². The van der Waals surface area contributed by atoms with Crippen LogP contribution in [0.1, 0.15) is 18.1 Å². The van der Waals surface area contributed by atoms with E-state index in [1.54, 1.807) is 34.4 Å². The molecular formula is C16H19NO2S. The maximum atomic E-state index is 12.2. The molecule has 1 unspecified atom stereocenters. The van der Waals surface area contributed by atoms with Crippen molar-refractivity contribution >= 4 is 17.2 Å². The van der Waals surface area contributed by atoms with Crippen LogP contribution in [0.2, 0.25) is 0 Å². The second-order valence-electron chi connectivity index (χ2n) is 5.04. The summed E-state index contributed by atoms with van der Waals surface area (Å²) in [5.74, 6) is 0.266. The van der Waals surface area contributed by atoms with Gasteiger partial charge in [-0.05, 0) is 53.4 Å². The molecule has 0 spiro atoms. The van der Waals surface area contributed by atoms with Crippen LogP contribution in [-0.4, -0.2) is 29.0 Å². The Morgan fingerprint density at radius 2 is 2.15 bits per heavy atom. The van der Waals surface area contributed by atoms with E-state index in [2.05, 4.69) is 23.8 Å². The first-order valence-corrected chi connectivity index (χ1v) is 7.55. The summed E-state index contributed by atoms with van der Waals surface area (Å²) in [4.78, 5) is 14.0. The van der Waals surface area contributed by atoms with Gasteiger partial charge in [-0.15, -0.1) is 0 Å². The van der Waals surface area contributed by atoms with Gasteiger partial charge >= 0.3 is 0 Å². The molecule has 106 valence electrons. The number of phenols is 1. The first-order chi connectivity index (χ1) is 9.56. The van der Waals surface area contributed by atoms with E-state index < -0.39 is 0 Å². The van der Waals surface area contributed by atoms with E-state index in [0.29, 0.717) is 6.42 Å². The summed E-state index contributed by atoms with van der Waals surface area (Å²) in [6, 6.07) is 9.11.